The predicted molar refractivity (Wildman–Crippen MR) is 123 cm³/mol. The smallest absolute Gasteiger partial charge is 0.407 e. The summed E-state index contributed by atoms with van der Waals surface area (Å²) in [6.45, 7) is 8.78. The van der Waals surface area contributed by atoms with Crippen LogP contribution in [-0.2, 0) is 35.1 Å². The molecule has 35 heavy (non-hydrogen) atoms. The Bertz CT molecular complexity index is 900. The van der Waals surface area contributed by atoms with E-state index in [-0.39, 0.29) is 13.2 Å². The lowest BCUT2D eigenvalue weighted by molar-refractivity contribution is -0.189. The highest BCUT2D eigenvalue weighted by molar-refractivity contribution is 5.71. The molecule has 2 aliphatic rings. The van der Waals surface area contributed by atoms with E-state index in [0.29, 0.717) is 0 Å². The van der Waals surface area contributed by atoms with Crippen LogP contribution >= 0.6 is 0 Å². The van der Waals surface area contributed by atoms with Gasteiger partial charge < -0.3 is 39.4 Å². The van der Waals surface area contributed by atoms with Gasteiger partial charge in [0.1, 0.15) is 36.6 Å². The Labute approximate surface area is 204 Å². The van der Waals surface area contributed by atoms with Crippen molar-refractivity contribution in [2.75, 3.05) is 6.54 Å². The number of carboxylic acid groups (broad SMARTS) is 1. The molecule has 5 atom stereocenters. The van der Waals surface area contributed by atoms with Crippen molar-refractivity contribution in [2.24, 2.45) is 0 Å². The van der Waals surface area contributed by atoms with Gasteiger partial charge in [-0.15, -0.1) is 0 Å². The average Bonchev–Trinajstić information content (AvgIpc) is 3.22. The number of rotatable bonds is 8. The van der Waals surface area contributed by atoms with Crippen LogP contribution in [0.1, 0.15) is 46.6 Å². The number of amides is 2. The van der Waals surface area contributed by atoms with Gasteiger partial charge >= 0.3 is 18.2 Å². The van der Waals surface area contributed by atoms with E-state index in [1.165, 1.54) is 0 Å². The molecule has 2 fully saturated rings. The Morgan fingerprint density at radius 1 is 1.09 bits per heavy atom. The number of carbonyl (C=O) groups is 3. The third-order valence-electron chi connectivity index (χ3n) is 5.34. The number of hydrogen-bond donors (Lipinski definition) is 3. The fourth-order valence-electron chi connectivity index (χ4n) is 4.06. The molecule has 0 aliphatic carbocycles. The van der Waals surface area contributed by atoms with Crippen LogP contribution in [0.25, 0.3) is 0 Å². The van der Waals surface area contributed by atoms with E-state index in [1.54, 1.807) is 46.8 Å². The van der Waals surface area contributed by atoms with Gasteiger partial charge in [0, 0.05) is 6.54 Å². The lowest BCUT2D eigenvalue weighted by Crippen LogP contribution is -2.50. The number of carboxylic acids is 1. The van der Waals surface area contributed by atoms with Gasteiger partial charge in [-0.1, -0.05) is 30.3 Å². The highest BCUT2D eigenvalue weighted by atomic mass is 16.8. The largest absolute Gasteiger partial charge is 0.481 e. The van der Waals surface area contributed by atoms with E-state index in [2.05, 4.69) is 10.6 Å². The first-order valence-corrected chi connectivity index (χ1v) is 11.5. The predicted octanol–water partition coefficient (Wildman–Crippen LogP) is 2.57. The Hall–Kier alpha value is -2.89. The zero-order chi connectivity index (χ0) is 25.8. The van der Waals surface area contributed by atoms with Crippen LogP contribution in [0.2, 0.25) is 0 Å². The van der Waals surface area contributed by atoms with Crippen molar-refractivity contribution in [3.05, 3.63) is 35.9 Å². The van der Waals surface area contributed by atoms with E-state index in [1.807, 2.05) is 18.2 Å². The Kier molecular flexibility index (Phi) is 8.24. The highest BCUT2D eigenvalue weighted by Crippen LogP contribution is 2.40. The fourth-order valence-corrected chi connectivity index (χ4v) is 4.06. The number of benzene rings is 1. The van der Waals surface area contributed by atoms with E-state index < -0.39 is 66.4 Å². The number of carbonyl (C=O) groups excluding carboxylic acids is 2. The molecule has 2 amide bonds. The maximum Gasteiger partial charge on any atom is 0.407 e. The number of ether oxygens (including phenoxy) is 5. The number of fused-ring (bicyclic) bond motifs is 1. The molecule has 1 aromatic rings. The van der Waals surface area contributed by atoms with Gasteiger partial charge in [0.2, 0.25) is 0 Å². The molecule has 0 radical (unpaired) electrons. The summed E-state index contributed by atoms with van der Waals surface area (Å²) in [6.07, 6.45) is -4.61. The quantitative estimate of drug-likeness (QED) is 0.497. The third kappa shape index (κ3) is 7.81. The number of hydrogen-bond acceptors (Lipinski definition) is 8. The van der Waals surface area contributed by atoms with E-state index in [9.17, 15) is 19.5 Å². The van der Waals surface area contributed by atoms with E-state index in [0.717, 1.165) is 5.56 Å². The first-order chi connectivity index (χ1) is 16.3. The lowest BCUT2D eigenvalue weighted by Gasteiger charge is -2.29. The van der Waals surface area contributed by atoms with Gasteiger partial charge in [0.15, 0.2) is 5.79 Å². The van der Waals surface area contributed by atoms with Crippen LogP contribution < -0.4 is 10.6 Å². The summed E-state index contributed by atoms with van der Waals surface area (Å²) in [5, 5.41) is 14.7. The van der Waals surface area contributed by atoms with E-state index in [4.69, 9.17) is 23.7 Å². The van der Waals surface area contributed by atoms with Crippen molar-refractivity contribution in [2.45, 2.75) is 89.5 Å². The van der Waals surface area contributed by atoms with Crippen molar-refractivity contribution >= 4 is 18.2 Å². The van der Waals surface area contributed by atoms with Crippen molar-refractivity contribution in [3.8, 4) is 0 Å². The molecule has 0 spiro atoms. The second-order valence-electron chi connectivity index (χ2n) is 10.00. The zero-order valence-electron chi connectivity index (χ0n) is 20.6. The van der Waals surface area contributed by atoms with Gasteiger partial charge in [0.05, 0.1) is 12.5 Å². The molecule has 2 saturated heterocycles. The minimum atomic E-state index is -1.13. The molecule has 0 unspecified atom stereocenters. The molecule has 11 nitrogen and oxygen atoms in total. The van der Waals surface area contributed by atoms with Crippen molar-refractivity contribution in [1.29, 1.82) is 0 Å². The van der Waals surface area contributed by atoms with E-state index >= 15 is 0 Å². The molecule has 0 bridgehead atoms. The summed E-state index contributed by atoms with van der Waals surface area (Å²) in [6, 6.07) is 8.13. The van der Waals surface area contributed by atoms with Gasteiger partial charge in [0.25, 0.3) is 0 Å². The fraction of sp³-hybridized carbons (Fsp3) is 0.625. The molecular weight excluding hydrogens is 460 g/mol. The normalized spacial score (nSPS) is 25.9. The monoisotopic (exact) mass is 494 g/mol. The topological polar surface area (TPSA) is 142 Å². The first kappa shape index (κ1) is 26.7. The molecular formula is C24H34N2O9. The SMILES string of the molecule is CC(C)(C)OC(=O)NC[C@H]1O[C@H]([C@H](CC(=O)O)NC(=O)OCc2ccccc2)[C@@H]2OC(C)(C)O[C@@H]21. The first-order valence-electron chi connectivity index (χ1n) is 11.5. The van der Waals surface area contributed by atoms with Crippen LogP contribution in [0, 0.1) is 0 Å². The summed E-state index contributed by atoms with van der Waals surface area (Å²) < 4.78 is 28.6. The lowest BCUT2D eigenvalue weighted by atomic mass is 10.00. The summed E-state index contributed by atoms with van der Waals surface area (Å²) >= 11 is 0. The third-order valence-corrected chi connectivity index (χ3v) is 5.34. The molecule has 1 aromatic carbocycles. The summed E-state index contributed by atoms with van der Waals surface area (Å²) in [5.41, 5.74) is 0.120. The second-order valence-corrected chi connectivity index (χ2v) is 10.00. The van der Waals surface area contributed by atoms with Gasteiger partial charge in [-0.3, -0.25) is 4.79 Å². The van der Waals surface area contributed by atoms with Crippen LogP contribution in [0.4, 0.5) is 9.59 Å². The minimum Gasteiger partial charge on any atom is -0.481 e. The number of alkyl carbamates (subject to hydrolysis) is 2. The summed E-state index contributed by atoms with van der Waals surface area (Å²) in [4.78, 5) is 36.2. The Morgan fingerprint density at radius 2 is 1.74 bits per heavy atom. The Balaban J connectivity index is 1.68. The molecule has 3 rings (SSSR count). The maximum absolute atomic E-state index is 12.5. The highest BCUT2D eigenvalue weighted by Gasteiger charge is 2.57. The van der Waals surface area contributed by atoms with Crippen LogP contribution in [-0.4, -0.2) is 71.7 Å². The summed E-state index contributed by atoms with van der Waals surface area (Å²) in [5.74, 6) is -2.09. The van der Waals surface area contributed by atoms with Gasteiger partial charge in [-0.05, 0) is 40.2 Å². The molecule has 0 saturated carbocycles. The molecule has 3 N–H and O–H groups in total. The van der Waals surface area contributed by atoms with Gasteiger partial charge in [-0.25, -0.2) is 9.59 Å². The molecule has 2 heterocycles. The summed E-state index contributed by atoms with van der Waals surface area (Å²) in [7, 11) is 0. The van der Waals surface area contributed by atoms with Crippen LogP contribution in [0.15, 0.2) is 30.3 Å². The van der Waals surface area contributed by atoms with Crippen molar-refractivity contribution in [1.82, 2.24) is 10.6 Å². The van der Waals surface area contributed by atoms with Crippen LogP contribution in [0.3, 0.4) is 0 Å². The Morgan fingerprint density at radius 3 is 2.37 bits per heavy atom. The number of nitrogens with one attached hydrogen (secondary N) is 2. The zero-order valence-corrected chi connectivity index (χ0v) is 20.6. The number of aliphatic carboxylic acids is 1. The molecule has 194 valence electrons. The average molecular weight is 495 g/mol. The van der Waals surface area contributed by atoms with Crippen LogP contribution in [0.5, 0.6) is 0 Å². The standard InChI is InChI=1S/C24H34N2O9/c1-23(2,3)35-21(29)25-12-16-19-20(34-24(4,5)33-19)18(32-16)15(11-17(27)28)26-22(30)31-13-14-9-7-6-8-10-14/h6-10,15-16,18-20H,11-13H2,1-5H3,(H,25,29)(H,26,30)(H,27,28)/t15-,16+,18+,19+,20-/m0/s1. The van der Waals surface area contributed by atoms with Crippen molar-refractivity contribution in [3.63, 3.8) is 0 Å². The maximum atomic E-state index is 12.5. The molecule has 2 aliphatic heterocycles. The molecule has 0 aromatic heterocycles. The van der Waals surface area contributed by atoms with Crippen molar-refractivity contribution < 1.29 is 43.2 Å². The second kappa shape index (κ2) is 10.8. The van der Waals surface area contributed by atoms with Gasteiger partial charge in [-0.2, -0.15) is 0 Å². The molecule has 11 heteroatoms. The minimum absolute atomic E-state index is 0.0269.